The van der Waals surface area contributed by atoms with E-state index in [2.05, 4.69) is 24.1 Å². The number of carbonyl (C=O) groups excluding carboxylic acids is 1. The van der Waals surface area contributed by atoms with Gasteiger partial charge in [0.05, 0.1) is 0 Å². The fourth-order valence-corrected chi connectivity index (χ4v) is 1.92. The number of rotatable bonds is 9. The molecule has 0 rings (SSSR count). The lowest BCUT2D eigenvalue weighted by Crippen LogP contribution is -2.47. The van der Waals surface area contributed by atoms with Crippen molar-refractivity contribution in [2.24, 2.45) is 0 Å². The van der Waals surface area contributed by atoms with Crippen LogP contribution in [0.3, 0.4) is 0 Å². The summed E-state index contributed by atoms with van der Waals surface area (Å²) in [5, 5.41) is 11.7. The van der Waals surface area contributed by atoms with E-state index in [1.807, 2.05) is 0 Å². The van der Waals surface area contributed by atoms with Crippen molar-refractivity contribution in [2.75, 3.05) is 33.2 Å². The molecule has 2 N–H and O–H groups in total. The van der Waals surface area contributed by atoms with Crippen molar-refractivity contribution in [2.45, 2.75) is 39.7 Å². The average Bonchev–Trinajstić information content (AvgIpc) is 2.38. The van der Waals surface area contributed by atoms with Crippen molar-refractivity contribution in [3.05, 3.63) is 0 Å². The number of likely N-dealkylation sites (N-methyl/N-ethyl adjacent to an activating group) is 1. The molecule has 1 atom stereocenters. The van der Waals surface area contributed by atoms with Crippen LogP contribution in [0.15, 0.2) is 0 Å². The number of carboxylic acid groups (broad SMARTS) is 1. The number of nitrogens with one attached hydrogen (secondary N) is 1. The van der Waals surface area contributed by atoms with Gasteiger partial charge in [-0.15, -0.1) is 0 Å². The van der Waals surface area contributed by atoms with Gasteiger partial charge in [0.1, 0.15) is 6.04 Å². The Morgan fingerprint density at radius 1 is 1.21 bits per heavy atom. The van der Waals surface area contributed by atoms with Gasteiger partial charge in [-0.25, -0.2) is 9.59 Å². The van der Waals surface area contributed by atoms with Gasteiger partial charge in [-0.1, -0.05) is 20.8 Å². The van der Waals surface area contributed by atoms with Gasteiger partial charge in [-0.05, 0) is 32.5 Å². The summed E-state index contributed by atoms with van der Waals surface area (Å²) < 4.78 is 0. The van der Waals surface area contributed by atoms with E-state index in [4.69, 9.17) is 5.11 Å². The van der Waals surface area contributed by atoms with E-state index >= 15 is 0 Å². The van der Waals surface area contributed by atoms with Gasteiger partial charge in [0.25, 0.3) is 0 Å². The van der Waals surface area contributed by atoms with Crippen LogP contribution >= 0.6 is 0 Å². The number of aliphatic carboxylic acids is 1. The second kappa shape index (κ2) is 9.61. The standard InChI is InChI=1S/C13H27N3O3/c1-5-11(12(17)18)15(4)13(19)14-9-8-10-16(6-2)7-3/h11H,5-10H2,1-4H3,(H,14,19)(H,17,18). The lowest BCUT2D eigenvalue weighted by Gasteiger charge is -2.24. The molecule has 0 bridgehead atoms. The van der Waals surface area contributed by atoms with Crippen molar-refractivity contribution < 1.29 is 14.7 Å². The van der Waals surface area contributed by atoms with Crippen LogP contribution in [-0.4, -0.2) is 66.2 Å². The fraction of sp³-hybridized carbons (Fsp3) is 0.846. The second-order valence-corrected chi connectivity index (χ2v) is 4.49. The third-order valence-electron chi connectivity index (χ3n) is 3.28. The summed E-state index contributed by atoms with van der Waals surface area (Å²) in [5.74, 6) is -0.969. The molecule has 19 heavy (non-hydrogen) atoms. The van der Waals surface area contributed by atoms with Gasteiger partial charge in [0, 0.05) is 13.6 Å². The predicted octanol–water partition coefficient (Wildman–Crippen LogP) is 1.22. The maximum Gasteiger partial charge on any atom is 0.326 e. The zero-order chi connectivity index (χ0) is 14.8. The van der Waals surface area contributed by atoms with Crippen molar-refractivity contribution in [1.82, 2.24) is 15.1 Å². The fourth-order valence-electron chi connectivity index (χ4n) is 1.92. The lowest BCUT2D eigenvalue weighted by atomic mass is 10.2. The first-order chi connectivity index (χ1) is 8.97. The highest BCUT2D eigenvalue weighted by Gasteiger charge is 2.24. The Morgan fingerprint density at radius 2 is 1.79 bits per heavy atom. The Morgan fingerprint density at radius 3 is 2.21 bits per heavy atom. The van der Waals surface area contributed by atoms with Crippen LogP contribution in [0, 0.1) is 0 Å². The minimum absolute atomic E-state index is 0.325. The highest BCUT2D eigenvalue weighted by Crippen LogP contribution is 2.02. The summed E-state index contributed by atoms with van der Waals surface area (Å²) in [7, 11) is 1.52. The van der Waals surface area contributed by atoms with Crippen molar-refractivity contribution >= 4 is 12.0 Å². The highest BCUT2D eigenvalue weighted by molar-refractivity contribution is 5.82. The largest absolute Gasteiger partial charge is 0.480 e. The number of nitrogens with zero attached hydrogens (tertiary/aromatic N) is 2. The zero-order valence-electron chi connectivity index (χ0n) is 12.5. The summed E-state index contributed by atoms with van der Waals surface area (Å²) in [4.78, 5) is 26.2. The maximum absolute atomic E-state index is 11.8. The Kier molecular flexibility index (Phi) is 8.95. The summed E-state index contributed by atoms with van der Waals surface area (Å²) in [6.07, 6.45) is 1.27. The number of hydrogen-bond acceptors (Lipinski definition) is 3. The molecule has 0 aliphatic rings. The van der Waals surface area contributed by atoms with Gasteiger partial charge in [-0.3, -0.25) is 0 Å². The van der Waals surface area contributed by atoms with Gasteiger partial charge in [0.2, 0.25) is 0 Å². The van der Waals surface area contributed by atoms with E-state index in [9.17, 15) is 9.59 Å². The van der Waals surface area contributed by atoms with Gasteiger partial charge < -0.3 is 20.2 Å². The van der Waals surface area contributed by atoms with Crippen LogP contribution in [0.25, 0.3) is 0 Å². The summed E-state index contributed by atoms with van der Waals surface area (Å²) >= 11 is 0. The molecule has 1 unspecified atom stereocenters. The number of hydrogen-bond donors (Lipinski definition) is 2. The van der Waals surface area contributed by atoms with Crippen molar-refractivity contribution in [3.63, 3.8) is 0 Å². The van der Waals surface area contributed by atoms with Crippen LogP contribution in [0.5, 0.6) is 0 Å². The number of amides is 2. The molecule has 0 aliphatic carbocycles. The monoisotopic (exact) mass is 273 g/mol. The molecule has 112 valence electrons. The summed E-state index contributed by atoms with van der Waals surface area (Å²) in [6, 6.07) is -1.09. The topological polar surface area (TPSA) is 72.9 Å². The van der Waals surface area contributed by atoms with Crippen LogP contribution in [0.4, 0.5) is 4.79 Å². The Hall–Kier alpha value is -1.30. The van der Waals surface area contributed by atoms with E-state index < -0.39 is 12.0 Å². The van der Waals surface area contributed by atoms with Crippen molar-refractivity contribution in [3.8, 4) is 0 Å². The predicted molar refractivity (Wildman–Crippen MR) is 75.3 cm³/mol. The van der Waals surface area contributed by atoms with Crippen molar-refractivity contribution in [1.29, 1.82) is 0 Å². The zero-order valence-corrected chi connectivity index (χ0v) is 12.5. The first-order valence-corrected chi connectivity index (χ1v) is 6.93. The van der Waals surface area contributed by atoms with Crippen LogP contribution < -0.4 is 5.32 Å². The molecule has 0 fully saturated rings. The van der Waals surface area contributed by atoms with Gasteiger partial charge in [0.15, 0.2) is 0 Å². The Labute approximate surface area is 115 Å². The molecular weight excluding hydrogens is 246 g/mol. The molecule has 2 amide bonds. The molecule has 6 nitrogen and oxygen atoms in total. The molecular formula is C13H27N3O3. The smallest absolute Gasteiger partial charge is 0.326 e. The van der Waals surface area contributed by atoms with Gasteiger partial charge >= 0.3 is 12.0 Å². The maximum atomic E-state index is 11.8. The minimum atomic E-state index is -0.969. The molecule has 0 radical (unpaired) electrons. The molecule has 0 aromatic rings. The first kappa shape index (κ1) is 17.7. The molecule has 6 heteroatoms. The van der Waals surface area contributed by atoms with E-state index in [-0.39, 0.29) is 6.03 Å². The third kappa shape index (κ3) is 6.42. The van der Waals surface area contributed by atoms with Gasteiger partial charge in [-0.2, -0.15) is 0 Å². The van der Waals surface area contributed by atoms with E-state index in [0.29, 0.717) is 13.0 Å². The summed E-state index contributed by atoms with van der Waals surface area (Å²) in [6.45, 7) is 9.47. The minimum Gasteiger partial charge on any atom is -0.480 e. The van der Waals surface area contributed by atoms with E-state index in [1.165, 1.54) is 11.9 Å². The van der Waals surface area contributed by atoms with Crippen LogP contribution in [0.1, 0.15) is 33.6 Å². The van der Waals surface area contributed by atoms with Crippen LogP contribution in [-0.2, 0) is 4.79 Å². The molecule has 0 saturated carbocycles. The number of urea groups is 1. The lowest BCUT2D eigenvalue weighted by molar-refractivity contribution is -0.141. The Bertz CT molecular complexity index is 280. The SMILES string of the molecule is CCC(C(=O)O)N(C)C(=O)NCCCN(CC)CC. The molecule has 0 heterocycles. The molecule has 0 spiro atoms. The second-order valence-electron chi connectivity index (χ2n) is 4.49. The van der Waals surface area contributed by atoms with E-state index in [1.54, 1.807) is 6.92 Å². The number of carbonyl (C=O) groups is 2. The molecule has 0 aromatic heterocycles. The van der Waals surface area contributed by atoms with E-state index in [0.717, 1.165) is 26.1 Å². The highest BCUT2D eigenvalue weighted by atomic mass is 16.4. The molecule has 0 saturated heterocycles. The average molecular weight is 273 g/mol. The molecule has 0 aliphatic heterocycles. The first-order valence-electron chi connectivity index (χ1n) is 6.93. The third-order valence-corrected chi connectivity index (χ3v) is 3.28. The Balaban J connectivity index is 4.00. The normalized spacial score (nSPS) is 12.3. The molecule has 0 aromatic carbocycles. The quantitative estimate of drug-likeness (QED) is 0.620. The number of carboxylic acids is 1. The van der Waals surface area contributed by atoms with Crippen LogP contribution in [0.2, 0.25) is 0 Å². The summed E-state index contributed by atoms with van der Waals surface area (Å²) in [5.41, 5.74) is 0.